The summed E-state index contributed by atoms with van der Waals surface area (Å²) in [6, 6.07) is 1.97. The van der Waals surface area contributed by atoms with Crippen molar-refractivity contribution < 1.29 is 5.11 Å². The van der Waals surface area contributed by atoms with Crippen molar-refractivity contribution in [3.8, 4) is 0 Å². The lowest BCUT2D eigenvalue weighted by Gasteiger charge is -2.23. The SMILES string of the molecule is CCc1cc(NCC2(O)CCCC2)n2ncnc2n1. The Labute approximate surface area is 111 Å². The van der Waals surface area contributed by atoms with Gasteiger partial charge in [0.25, 0.3) is 5.78 Å². The van der Waals surface area contributed by atoms with Crippen LogP contribution in [-0.4, -0.2) is 36.8 Å². The van der Waals surface area contributed by atoms with Crippen LogP contribution in [-0.2, 0) is 6.42 Å². The quantitative estimate of drug-likeness (QED) is 0.870. The molecule has 6 heteroatoms. The maximum atomic E-state index is 10.4. The third-order valence-electron chi connectivity index (χ3n) is 3.80. The lowest BCUT2D eigenvalue weighted by Crippen LogP contribution is -2.34. The maximum Gasteiger partial charge on any atom is 0.254 e. The van der Waals surface area contributed by atoms with Gasteiger partial charge in [0.05, 0.1) is 5.60 Å². The monoisotopic (exact) mass is 261 g/mol. The van der Waals surface area contributed by atoms with Crippen LogP contribution >= 0.6 is 0 Å². The van der Waals surface area contributed by atoms with Crippen LogP contribution in [0.15, 0.2) is 12.4 Å². The third kappa shape index (κ3) is 2.40. The van der Waals surface area contributed by atoms with E-state index in [4.69, 9.17) is 0 Å². The zero-order valence-electron chi connectivity index (χ0n) is 11.1. The number of aryl methyl sites for hydroxylation is 1. The highest BCUT2D eigenvalue weighted by Crippen LogP contribution is 2.29. The number of rotatable bonds is 4. The normalized spacial score (nSPS) is 18.0. The Hall–Kier alpha value is -1.69. The van der Waals surface area contributed by atoms with Crippen LogP contribution in [0.4, 0.5) is 5.82 Å². The summed E-state index contributed by atoms with van der Waals surface area (Å²) < 4.78 is 1.68. The fourth-order valence-corrected chi connectivity index (χ4v) is 2.63. The van der Waals surface area contributed by atoms with Crippen molar-refractivity contribution in [2.75, 3.05) is 11.9 Å². The van der Waals surface area contributed by atoms with Gasteiger partial charge in [-0.15, -0.1) is 0 Å². The van der Waals surface area contributed by atoms with E-state index in [1.54, 1.807) is 4.52 Å². The summed E-state index contributed by atoms with van der Waals surface area (Å²) in [5.74, 6) is 1.44. The highest BCUT2D eigenvalue weighted by molar-refractivity contribution is 5.45. The predicted molar refractivity (Wildman–Crippen MR) is 72.1 cm³/mol. The summed E-state index contributed by atoms with van der Waals surface area (Å²) >= 11 is 0. The van der Waals surface area contributed by atoms with Crippen LogP contribution in [0.3, 0.4) is 0 Å². The van der Waals surface area contributed by atoms with E-state index in [0.29, 0.717) is 12.3 Å². The summed E-state index contributed by atoms with van der Waals surface area (Å²) in [5.41, 5.74) is 0.393. The molecule has 19 heavy (non-hydrogen) atoms. The van der Waals surface area contributed by atoms with Gasteiger partial charge in [0.2, 0.25) is 0 Å². The van der Waals surface area contributed by atoms with E-state index in [0.717, 1.165) is 43.6 Å². The average Bonchev–Trinajstić information content (AvgIpc) is 3.04. The Morgan fingerprint density at radius 3 is 2.95 bits per heavy atom. The Balaban J connectivity index is 1.85. The van der Waals surface area contributed by atoms with E-state index in [2.05, 4.69) is 27.3 Å². The van der Waals surface area contributed by atoms with Gasteiger partial charge in [-0.2, -0.15) is 14.6 Å². The first-order valence-corrected chi connectivity index (χ1v) is 6.86. The lowest BCUT2D eigenvalue weighted by molar-refractivity contribution is 0.0613. The molecule has 2 heterocycles. The van der Waals surface area contributed by atoms with E-state index in [1.807, 2.05) is 6.07 Å². The molecule has 0 aliphatic heterocycles. The van der Waals surface area contributed by atoms with Crippen LogP contribution in [0.25, 0.3) is 5.78 Å². The Morgan fingerprint density at radius 1 is 1.42 bits per heavy atom. The minimum absolute atomic E-state index is 0.551. The number of hydrogen-bond donors (Lipinski definition) is 2. The molecule has 102 valence electrons. The minimum Gasteiger partial charge on any atom is -0.388 e. The molecule has 6 nitrogen and oxygen atoms in total. The molecule has 0 aromatic carbocycles. The summed E-state index contributed by atoms with van der Waals surface area (Å²) in [7, 11) is 0. The van der Waals surface area contributed by atoms with Gasteiger partial charge in [-0.05, 0) is 19.3 Å². The van der Waals surface area contributed by atoms with E-state index < -0.39 is 5.60 Å². The van der Waals surface area contributed by atoms with Crippen LogP contribution in [0.5, 0.6) is 0 Å². The maximum absolute atomic E-state index is 10.4. The van der Waals surface area contributed by atoms with Crippen molar-refractivity contribution in [1.29, 1.82) is 0 Å². The first-order valence-electron chi connectivity index (χ1n) is 6.86. The lowest BCUT2D eigenvalue weighted by atomic mass is 10.0. The van der Waals surface area contributed by atoms with E-state index in [1.165, 1.54) is 6.33 Å². The molecule has 0 atom stereocenters. The first-order chi connectivity index (χ1) is 9.20. The summed E-state index contributed by atoms with van der Waals surface area (Å²) in [6.07, 6.45) is 6.29. The van der Waals surface area contributed by atoms with Crippen LogP contribution in [0.2, 0.25) is 0 Å². The second-order valence-corrected chi connectivity index (χ2v) is 5.24. The Morgan fingerprint density at radius 2 is 2.21 bits per heavy atom. The molecule has 0 unspecified atom stereocenters. The second kappa shape index (κ2) is 4.77. The van der Waals surface area contributed by atoms with Gasteiger partial charge in [-0.25, -0.2) is 4.98 Å². The zero-order valence-corrected chi connectivity index (χ0v) is 11.1. The molecule has 1 fully saturated rings. The van der Waals surface area contributed by atoms with Crippen LogP contribution < -0.4 is 5.32 Å². The number of hydrogen-bond acceptors (Lipinski definition) is 5. The van der Waals surface area contributed by atoms with Gasteiger partial charge in [0.1, 0.15) is 12.1 Å². The van der Waals surface area contributed by atoms with Crippen LogP contribution in [0.1, 0.15) is 38.3 Å². The van der Waals surface area contributed by atoms with E-state index in [9.17, 15) is 5.11 Å². The molecule has 0 spiro atoms. The van der Waals surface area contributed by atoms with Gasteiger partial charge in [-0.1, -0.05) is 19.8 Å². The van der Waals surface area contributed by atoms with Gasteiger partial charge >= 0.3 is 0 Å². The standard InChI is InChI=1S/C13H19N5O/c1-2-10-7-11(18-12(17-10)15-9-16-18)14-8-13(19)5-3-4-6-13/h7,9,14,19H,2-6,8H2,1H3. The highest BCUT2D eigenvalue weighted by atomic mass is 16.3. The highest BCUT2D eigenvalue weighted by Gasteiger charge is 2.30. The Bertz CT molecular complexity index is 573. The van der Waals surface area contributed by atoms with Gasteiger partial charge in [0, 0.05) is 18.3 Å². The molecule has 1 aliphatic rings. The molecule has 1 aliphatic carbocycles. The summed E-state index contributed by atoms with van der Waals surface area (Å²) in [5, 5.41) is 17.8. The molecule has 0 saturated heterocycles. The fraction of sp³-hybridized carbons (Fsp3) is 0.615. The smallest absolute Gasteiger partial charge is 0.254 e. The van der Waals surface area contributed by atoms with Crippen molar-refractivity contribution in [3.63, 3.8) is 0 Å². The molecule has 2 aromatic rings. The third-order valence-corrected chi connectivity index (χ3v) is 3.80. The Kier molecular flexibility index (Phi) is 3.10. The van der Waals surface area contributed by atoms with Crippen LogP contribution in [0, 0.1) is 0 Å². The summed E-state index contributed by atoms with van der Waals surface area (Å²) in [6.45, 7) is 2.61. The van der Waals surface area contributed by atoms with E-state index in [-0.39, 0.29) is 0 Å². The molecular weight excluding hydrogens is 242 g/mol. The second-order valence-electron chi connectivity index (χ2n) is 5.24. The van der Waals surface area contributed by atoms with Crippen molar-refractivity contribution in [2.45, 2.75) is 44.6 Å². The molecule has 0 bridgehead atoms. The number of aromatic nitrogens is 4. The largest absolute Gasteiger partial charge is 0.388 e. The van der Waals surface area contributed by atoms with Gasteiger partial charge in [0.15, 0.2) is 0 Å². The molecular formula is C13H19N5O. The molecule has 2 aromatic heterocycles. The first kappa shape index (κ1) is 12.3. The van der Waals surface area contributed by atoms with Crippen molar-refractivity contribution in [3.05, 3.63) is 18.1 Å². The summed E-state index contributed by atoms with van der Waals surface area (Å²) in [4.78, 5) is 8.52. The minimum atomic E-state index is -0.581. The molecule has 3 rings (SSSR count). The van der Waals surface area contributed by atoms with Crippen molar-refractivity contribution >= 4 is 11.6 Å². The topological polar surface area (TPSA) is 75.3 Å². The molecule has 2 N–H and O–H groups in total. The number of anilines is 1. The van der Waals surface area contributed by atoms with E-state index >= 15 is 0 Å². The van der Waals surface area contributed by atoms with Gasteiger partial charge in [-0.3, -0.25) is 0 Å². The van der Waals surface area contributed by atoms with Gasteiger partial charge < -0.3 is 10.4 Å². The number of fused-ring (bicyclic) bond motifs is 1. The van der Waals surface area contributed by atoms with Crippen molar-refractivity contribution in [2.24, 2.45) is 0 Å². The number of nitrogens with zero attached hydrogens (tertiary/aromatic N) is 4. The van der Waals surface area contributed by atoms with Crippen molar-refractivity contribution in [1.82, 2.24) is 19.6 Å². The zero-order chi connectivity index (χ0) is 13.3. The molecule has 1 saturated carbocycles. The molecule has 0 radical (unpaired) electrons. The number of nitrogens with one attached hydrogen (secondary N) is 1. The predicted octanol–water partition coefficient (Wildman–Crippen LogP) is 1.40. The number of aliphatic hydroxyl groups is 1. The fourth-order valence-electron chi connectivity index (χ4n) is 2.63. The molecule has 0 amide bonds. The average molecular weight is 261 g/mol.